The third kappa shape index (κ3) is 4.37. The van der Waals surface area contributed by atoms with Crippen LogP contribution in [0.1, 0.15) is 12.8 Å². The predicted octanol–water partition coefficient (Wildman–Crippen LogP) is 5.52. The lowest BCUT2D eigenvalue weighted by Crippen LogP contribution is -2.22. The molecular formula is C21H21ClFN3S. The van der Waals surface area contributed by atoms with Crippen LogP contribution < -0.4 is 0 Å². The van der Waals surface area contributed by atoms with Crippen LogP contribution in [0.2, 0.25) is 5.02 Å². The van der Waals surface area contributed by atoms with E-state index in [4.69, 9.17) is 11.6 Å². The van der Waals surface area contributed by atoms with Gasteiger partial charge in [0.15, 0.2) is 5.16 Å². The lowest BCUT2D eigenvalue weighted by molar-refractivity contribution is 0.362. The summed E-state index contributed by atoms with van der Waals surface area (Å²) in [6.07, 6.45) is 4.47. The molecule has 140 valence electrons. The summed E-state index contributed by atoms with van der Waals surface area (Å²) in [6, 6.07) is 14.3. The molecule has 0 radical (unpaired) electrons. The maximum absolute atomic E-state index is 13.3. The Balaban J connectivity index is 1.63. The van der Waals surface area contributed by atoms with E-state index in [-0.39, 0.29) is 5.82 Å². The molecule has 1 saturated heterocycles. The fraction of sp³-hybridized carbons (Fsp3) is 0.286. The van der Waals surface area contributed by atoms with Crippen LogP contribution in [0, 0.1) is 5.82 Å². The zero-order valence-electron chi connectivity index (χ0n) is 14.9. The SMILES string of the molecule is Fc1ccc(-c2cnc(SCCN3CCCC3)n2-c2ccc(Cl)cc2)cc1. The number of rotatable bonds is 6. The van der Waals surface area contributed by atoms with Gasteiger partial charge >= 0.3 is 0 Å². The lowest BCUT2D eigenvalue weighted by Gasteiger charge is -2.15. The third-order valence-corrected chi connectivity index (χ3v) is 5.98. The van der Waals surface area contributed by atoms with Crippen molar-refractivity contribution in [2.45, 2.75) is 18.0 Å². The summed E-state index contributed by atoms with van der Waals surface area (Å²) in [5.41, 5.74) is 2.88. The summed E-state index contributed by atoms with van der Waals surface area (Å²) in [7, 11) is 0. The highest BCUT2D eigenvalue weighted by atomic mass is 35.5. The zero-order chi connectivity index (χ0) is 18.6. The molecule has 1 fully saturated rings. The second kappa shape index (κ2) is 8.46. The van der Waals surface area contributed by atoms with Gasteiger partial charge in [-0.25, -0.2) is 9.37 Å². The molecule has 0 amide bonds. The van der Waals surface area contributed by atoms with Crippen molar-refractivity contribution in [1.82, 2.24) is 14.5 Å². The van der Waals surface area contributed by atoms with E-state index in [0.717, 1.165) is 34.4 Å². The van der Waals surface area contributed by atoms with Crippen molar-refractivity contribution in [2.24, 2.45) is 0 Å². The lowest BCUT2D eigenvalue weighted by atomic mass is 10.1. The van der Waals surface area contributed by atoms with Crippen molar-refractivity contribution < 1.29 is 4.39 Å². The maximum atomic E-state index is 13.3. The molecule has 0 unspecified atom stereocenters. The first-order valence-electron chi connectivity index (χ1n) is 9.15. The molecule has 6 heteroatoms. The molecule has 2 heterocycles. The summed E-state index contributed by atoms with van der Waals surface area (Å²) in [4.78, 5) is 7.16. The number of thioether (sulfide) groups is 1. The summed E-state index contributed by atoms with van der Waals surface area (Å²) >= 11 is 7.82. The molecule has 1 aromatic heterocycles. The summed E-state index contributed by atoms with van der Waals surface area (Å²) in [5.74, 6) is 0.754. The standard InChI is InChI=1S/C21H21ClFN3S/c22-17-5-9-19(10-6-17)26-20(16-3-7-18(23)8-4-16)15-24-21(26)27-14-13-25-11-1-2-12-25/h3-10,15H,1-2,11-14H2. The second-order valence-corrected chi connectivity index (χ2v) is 8.14. The van der Waals surface area contributed by atoms with Crippen LogP contribution in [-0.2, 0) is 0 Å². The number of hydrogen-bond acceptors (Lipinski definition) is 3. The van der Waals surface area contributed by atoms with Gasteiger partial charge in [-0.3, -0.25) is 4.57 Å². The number of imidazole rings is 1. The maximum Gasteiger partial charge on any atom is 0.173 e. The van der Waals surface area contributed by atoms with Gasteiger partial charge in [0.25, 0.3) is 0 Å². The first-order valence-corrected chi connectivity index (χ1v) is 10.5. The molecule has 0 aliphatic carbocycles. The summed E-state index contributed by atoms with van der Waals surface area (Å²) < 4.78 is 15.5. The van der Waals surface area contributed by atoms with Gasteiger partial charge in [-0.2, -0.15) is 0 Å². The molecule has 0 atom stereocenters. The minimum Gasteiger partial charge on any atom is -0.303 e. The fourth-order valence-electron chi connectivity index (χ4n) is 3.37. The molecule has 0 saturated carbocycles. The minimum absolute atomic E-state index is 0.239. The Morgan fingerprint density at radius 2 is 1.70 bits per heavy atom. The van der Waals surface area contributed by atoms with E-state index in [1.807, 2.05) is 30.5 Å². The first kappa shape index (κ1) is 18.5. The van der Waals surface area contributed by atoms with E-state index in [9.17, 15) is 4.39 Å². The van der Waals surface area contributed by atoms with Gasteiger partial charge in [0.2, 0.25) is 0 Å². The molecule has 3 nitrogen and oxygen atoms in total. The highest BCUT2D eigenvalue weighted by molar-refractivity contribution is 7.99. The molecule has 3 aromatic rings. The van der Waals surface area contributed by atoms with E-state index in [2.05, 4.69) is 14.5 Å². The largest absolute Gasteiger partial charge is 0.303 e. The quantitative estimate of drug-likeness (QED) is 0.507. The van der Waals surface area contributed by atoms with Crippen molar-refractivity contribution >= 4 is 23.4 Å². The van der Waals surface area contributed by atoms with Gasteiger partial charge in [0.05, 0.1) is 11.9 Å². The summed E-state index contributed by atoms with van der Waals surface area (Å²) in [6.45, 7) is 3.48. The number of hydrogen-bond donors (Lipinski definition) is 0. The molecule has 27 heavy (non-hydrogen) atoms. The number of benzene rings is 2. The van der Waals surface area contributed by atoms with Crippen molar-refractivity contribution in [3.63, 3.8) is 0 Å². The Morgan fingerprint density at radius 1 is 1.00 bits per heavy atom. The molecule has 1 aliphatic heterocycles. The Labute approximate surface area is 168 Å². The first-order chi connectivity index (χ1) is 13.2. The van der Waals surface area contributed by atoms with Crippen LogP contribution in [-0.4, -0.2) is 39.8 Å². The Morgan fingerprint density at radius 3 is 2.41 bits per heavy atom. The molecule has 4 rings (SSSR count). The van der Waals surface area contributed by atoms with Gasteiger partial charge in [0, 0.05) is 28.6 Å². The molecule has 1 aliphatic rings. The van der Waals surface area contributed by atoms with Gasteiger partial charge in [-0.05, 0) is 74.5 Å². The number of nitrogens with zero attached hydrogens (tertiary/aromatic N) is 3. The normalized spacial score (nSPS) is 14.7. The smallest absolute Gasteiger partial charge is 0.173 e. The van der Waals surface area contributed by atoms with Gasteiger partial charge in [-0.1, -0.05) is 23.4 Å². The van der Waals surface area contributed by atoms with E-state index in [1.165, 1.54) is 38.1 Å². The van der Waals surface area contributed by atoms with Gasteiger partial charge < -0.3 is 4.90 Å². The Hall–Kier alpha value is -1.82. The molecular weight excluding hydrogens is 381 g/mol. The van der Waals surface area contributed by atoms with Crippen molar-refractivity contribution in [3.8, 4) is 16.9 Å². The topological polar surface area (TPSA) is 21.1 Å². The van der Waals surface area contributed by atoms with Gasteiger partial charge in [0.1, 0.15) is 5.82 Å². The van der Waals surface area contributed by atoms with Crippen molar-refractivity contribution in [3.05, 3.63) is 65.6 Å². The highest BCUT2D eigenvalue weighted by Gasteiger charge is 2.16. The van der Waals surface area contributed by atoms with E-state index in [1.54, 1.807) is 23.9 Å². The van der Waals surface area contributed by atoms with Crippen molar-refractivity contribution in [1.29, 1.82) is 0 Å². The van der Waals surface area contributed by atoms with Crippen LogP contribution in [0.25, 0.3) is 16.9 Å². The van der Waals surface area contributed by atoms with Crippen LogP contribution >= 0.6 is 23.4 Å². The Kier molecular flexibility index (Phi) is 5.81. The van der Waals surface area contributed by atoms with Crippen LogP contribution in [0.4, 0.5) is 4.39 Å². The average molecular weight is 402 g/mol. The van der Waals surface area contributed by atoms with E-state index in [0.29, 0.717) is 5.02 Å². The van der Waals surface area contributed by atoms with E-state index >= 15 is 0 Å². The van der Waals surface area contributed by atoms with Crippen LogP contribution in [0.3, 0.4) is 0 Å². The van der Waals surface area contributed by atoms with Crippen LogP contribution in [0.15, 0.2) is 59.9 Å². The Bertz CT molecular complexity index is 887. The molecule has 0 spiro atoms. The predicted molar refractivity (Wildman–Crippen MR) is 110 cm³/mol. The van der Waals surface area contributed by atoms with E-state index < -0.39 is 0 Å². The van der Waals surface area contributed by atoms with Crippen LogP contribution in [0.5, 0.6) is 0 Å². The van der Waals surface area contributed by atoms with Gasteiger partial charge in [-0.15, -0.1) is 0 Å². The molecule has 2 aromatic carbocycles. The monoisotopic (exact) mass is 401 g/mol. The fourth-order valence-corrected chi connectivity index (χ4v) is 4.49. The highest BCUT2D eigenvalue weighted by Crippen LogP contribution is 2.30. The zero-order valence-corrected chi connectivity index (χ0v) is 16.5. The summed E-state index contributed by atoms with van der Waals surface area (Å²) in [5, 5.41) is 1.64. The molecule has 0 N–H and O–H groups in total. The third-order valence-electron chi connectivity index (χ3n) is 4.79. The number of aromatic nitrogens is 2. The second-order valence-electron chi connectivity index (χ2n) is 6.64. The van der Waals surface area contributed by atoms with Crippen molar-refractivity contribution in [2.75, 3.05) is 25.4 Å². The number of likely N-dealkylation sites (tertiary alicyclic amines) is 1. The molecule has 0 bridgehead atoms. The number of halogens is 2. The average Bonchev–Trinajstić information content (AvgIpc) is 3.33. The minimum atomic E-state index is -0.239.